The van der Waals surface area contributed by atoms with Gasteiger partial charge in [-0.3, -0.25) is 9.78 Å². The molecule has 0 N–H and O–H groups in total. The van der Waals surface area contributed by atoms with Gasteiger partial charge in [-0.15, -0.1) is 0 Å². The van der Waals surface area contributed by atoms with Crippen molar-refractivity contribution >= 4 is 28.6 Å². The van der Waals surface area contributed by atoms with Crippen molar-refractivity contribution in [2.45, 2.75) is 6.42 Å². The first-order chi connectivity index (χ1) is 12.2. The van der Waals surface area contributed by atoms with Gasteiger partial charge in [0.1, 0.15) is 5.82 Å². The quantitative estimate of drug-likeness (QED) is 0.716. The first-order valence-corrected chi connectivity index (χ1v) is 9.08. The van der Waals surface area contributed by atoms with E-state index in [2.05, 4.69) is 15.1 Å². The number of carbonyl (C=O) groups excluding carboxylic acids is 1. The van der Waals surface area contributed by atoms with Crippen LogP contribution in [-0.4, -0.2) is 50.5 Å². The number of aromatic nitrogens is 3. The Hall–Kier alpha value is -2.48. The van der Waals surface area contributed by atoms with Crippen LogP contribution in [0.3, 0.4) is 0 Å². The van der Waals surface area contributed by atoms with Crippen LogP contribution in [0.2, 0.25) is 0 Å². The largest absolute Gasteiger partial charge is 0.341 e. The normalized spacial score (nSPS) is 14.8. The number of hydrogen-bond acceptors (Lipinski definition) is 6. The van der Waals surface area contributed by atoms with Crippen LogP contribution >= 0.6 is 11.8 Å². The van der Waals surface area contributed by atoms with Crippen molar-refractivity contribution in [2.75, 3.05) is 24.6 Å². The zero-order chi connectivity index (χ0) is 17.2. The minimum Gasteiger partial charge on any atom is -0.341 e. The van der Waals surface area contributed by atoms with Crippen LogP contribution in [0.25, 0.3) is 22.4 Å². The molecule has 0 radical (unpaired) electrons. The van der Waals surface area contributed by atoms with Crippen molar-refractivity contribution < 1.29 is 13.7 Å². The van der Waals surface area contributed by atoms with Crippen molar-refractivity contribution in [1.82, 2.24) is 20.0 Å². The molecular weight excluding hydrogens is 343 g/mol. The highest BCUT2D eigenvalue weighted by atomic mass is 32.2. The van der Waals surface area contributed by atoms with E-state index in [0.717, 1.165) is 24.6 Å². The molecule has 8 heteroatoms. The lowest BCUT2D eigenvalue weighted by Gasteiger charge is -2.25. The van der Waals surface area contributed by atoms with Gasteiger partial charge in [-0.05, 0) is 24.3 Å². The molecule has 0 aliphatic carbocycles. The number of rotatable bonds is 3. The number of halogens is 1. The summed E-state index contributed by atoms with van der Waals surface area (Å²) >= 11 is 1.85. The molecule has 0 unspecified atom stereocenters. The fraction of sp³-hybridized carbons (Fsp3) is 0.294. The number of pyridine rings is 1. The lowest BCUT2D eigenvalue weighted by atomic mass is 10.1. The topological polar surface area (TPSA) is 72.1 Å². The molecule has 1 fully saturated rings. The Morgan fingerprint density at radius 3 is 2.96 bits per heavy atom. The summed E-state index contributed by atoms with van der Waals surface area (Å²) in [6.07, 6.45) is 1.71. The molecule has 0 saturated carbocycles. The molecule has 1 amide bonds. The van der Waals surface area contributed by atoms with Gasteiger partial charge in [0, 0.05) is 36.2 Å². The number of benzene rings is 1. The van der Waals surface area contributed by atoms with E-state index in [-0.39, 0.29) is 24.0 Å². The second kappa shape index (κ2) is 6.79. The van der Waals surface area contributed by atoms with Gasteiger partial charge >= 0.3 is 0 Å². The number of thioether (sulfide) groups is 1. The van der Waals surface area contributed by atoms with Crippen molar-refractivity contribution in [3.63, 3.8) is 0 Å². The van der Waals surface area contributed by atoms with Crippen LogP contribution in [0.4, 0.5) is 4.39 Å². The first kappa shape index (κ1) is 16.0. The maximum Gasteiger partial charge on any atom is 0.259 e. The third-order valence-corrected chi connectivity index (χ3v) is 4.97. The highest BCUT2D eigenvalue weighted by Crippen LogP contribution is 2.22. The molecule has 4 rings (SSSR count). The molecule has 0 bridgehead atoms. The van der Waals surface area contributed by atoms with Gasteiger partial charge in [-0.25, -0.2) is 4.39 Å². The van der Waals surface area contributed by atoms with Gasteiger partial charge in [0.15, 0.2) is 5.82 Å². The first-order valence-electron chi connectivity index (χ1n) is 7.93. The van der Waals surface area contributed by atoms with E-state index in [1.165, 1.54) is 12.1 Å². The second-order valence-electron chi connectivity index (χ2n) is 5.75. The summed E-state index contributed by atoms with van der Waals surface area (Å²) < 4.78 is 18.6. The maximum absolute atomic E-state index is 13.4. The Morgan fingerprint density at radius 1 is 1.28 bits per heavy atom. The molecule has 3 heterocycles. The summed E-state index contributed by atoms with van der Waals surface area (Å²) in [4.78, 5) is 22.6. The fourth-order valence-corrected chi connectivity index (χ4v) is 3.63. The highest BCUT2D eigenvalue weighted by Gasteiger charge is 2.20. The number of fused-ring (bicyclic) bond motifs is 1. The van der Waals surface area contributed by atoms with E-state index < -0.39 is 0 Å². The Kier molecular flexibility index (Phi) is 4.35. The third-order valence-electron chi connectivity index (χ3n) is 4.03. The van der Waals surface area contributed by atoms with Gasteiger partial charge in [-0.2, -0.15) is 16.7 Å². The van der Waals surface area contributed by atoms with E-state index in [1.54, 1.807) is 18.3 Å². The molecule has 128 valence electrons. The van der Waals surface area contributed by atoms with Gasteiger partial charge in [0.2, 0.25) is 5.91 Å². The zero-order valence-electron chi connectivity index (χ0n) is 13.3. The Morgan fingerprint density at radius 2 is 2.12 bits per heavy atom. The monoisotopic (exact) mass is 358 g/mol. The summed E-state index contributed by atoms with van der Waals surface area (Å²) in [6.45, 7) is 1.52. The molecule has 0 atom stereocenters. The predicted molar refractivity (Wildman–Crippen MR) is 92.6 cm³/mol. The Balaban J connectivity index is 1.53. The van der Waals surface area contributed by atoms with E-state index in [4.69, 9.17) is 4.52 Å². The fourth-order valence-electron chi connectivity index (χ4n) is 2.72. The average molecular weight is 358 g/mol. The van der Waals surface area contributed by atoms with E-state index >= 15 is 0 Å². The van der Waals surface area contributed by atoms with Crippen molar-refractivity contribution in [1.29, 1.82) is 0 Å². The van der Waals surface area contributed by atoms with Crippen molar-refractivity contribution in [3.8, 4) is 11.5 Å². The van der Waals surface area contributed by atoms with Gasteiger partial charge in [0.05, 0.1) is 17.5 Å². The predicted octanol–water partition coefficient (Wildman–Crippen LogP) is 2.54. The van der Waals surface area contributed by atoms with Crippen LogP contribution in [-0.2, 0) is 11.2 Å². The lowest BCUT2D eigenvalue weighted by molar-refractivity contribution is -0.130. The molecule has 1 aromatic carbocycles. The van der Waals surface area contributed by atoms with E-state index in [1.807, 2.05) is 16.7 Å². The Bertz CT molecular complexity index is 924. The molecule has 3 aromatic rings. The molecule has 25 heavy (non-hydrogen) atoms. The van der Waals surface area contributed by atoms with Crippen LogP contribution in [0, 0.1) is 5.82 Å². The summed E-state index contributed by atoms with van der Waals surface area (Å²) in [7, 11) is 0. The number of nitrogens with zero attached hydrogens (tertiary/aromatic N) is 4. The molecule has 1 saturated heterocycles. The standard InChI is InChI=1S/C17H15FN4O2S/c18-13-1-2-14-11(8-13)7-12(10-19-14)17-20-15(21-24-17)9-16(23)22-3-5-25-6-4-22/h1-2,7-8,10H,3-6,9H2. The smallest absolute Gasteiger partial charge is 0.259 e. The minimum atomic E-state index is -0.331. The van der Waals surface area contributed by atoms with Crippen LogP contribution in [0.15, 0.2) is 35.0 Å². The molecule has 1 aliphatic rings. The summed E-state index contributed by atoms with van der Waals surface area (Å²) in [6, 6.07) is 6.13. The summed E-state index contributed by atoms with van der Waals surface area (Å²) in [5.41, 5.74) is 1.28. The molecule has 1 aliphatic heterocycles. The number of hydrogen-bond donors (Lipinski definition) is 0. The number of amides is 1. The Labute approximate surface area is 147 Å². The molecular formula is C17H15FN4O2S. The summed E-state index contributed by atoms with van der Waals surface area (Å²) in [5.74, 6) is 2.22. The van der Waals surface area contributed by atoms with E-state index in [9.17, 15) is 9.18 Å². The molecule has 2 aromatic heterocycles. The van der Waals surface area contributed by atoms with E-state index in [0.29, 0.717) is 22.3 Å². The maximum atomic E-state index is 13.4. The molecule has 6 nitrogen and oxygen atoms in total. The van der Waals surface area contributed by atoms with Crippen molar-refractivity contribution in [3.05, 3.63) is 42.1 Å². The van der Waals surface area contributed by atoms with Gasteiger partial charge in [-0.1, -0.05) is 5.16 Å². The highest BCUT2D eigenvalue weighted by molar-refractivity contribution is 7.99. The minimum absolute atomic E-state index is 0.00589. The summed E-state index contributed by atoms with van der Waals surface area (Å²) in [5, 5.41) is 4.54. The zero-order valence-corrected chi connectivity index (χ0v) is 14.1. The molecule has 0 spiro atoms. The van der Waals surface area contributed by atoms with Crippen LogP contribution in [0.1, 0.15) is 5.82 Å². The third kappa shape index (κ3) is 3.48. The van der Waals surface area contributed by atoms with Crippen LogP contribution < -0.4 is 0 Å². The lowest BCUT2D eigenvalue weighted by Crippen LogP contribution is -2.38. The van der Waals surface area contributed by atoms with Gasteiger partial charge in [0.25, 0.3) is 5.89 Å². The van der Waals surface area contributed by atoms with Crippen molar-refractivity contribution in [2.24, 2.45) is 0 Å². The van der Waals surface area contributed by atoms with Crippen LogP contribution in [0.5, 0.6) is 0 Å². The SMILES string of the molecule is O=C(Cc1noc(-c2cnc3ccc(F)cc3c2)n1)N1CCSCC1. The second-order valence-corrected chi connectivity index (χ2v) is 6.97. The average Bonchev–Trinajstić information content (AvgIpc) is 3.10. The number of carbonyl (C=O) groups is 1. The van der Waals surface area contributed by atoms with Gasteiger partial charge < -0.3 is 9.42 Å².